The van der Waals surface area contributed by atoms with Crippen LogP contribution in [0.3, 0.4) is 0 Å². The van der Waals surface area contributed by atoms with Gasteiger partial charge in [0.1, 0.15) is 28.7 Å². The smallest absolute Gasteiger partial charge is 0.303 e. The molecule has 0 saturated heterocycles. The summed E-state index contributed by atoms with van der Waals surface area (Å²) in [4.78, 5) is 12.0. The van der Waals surface area contributed by atoms with Gasteiger partial charge in [-0.3, -0.25) is 4.79 Å². The van der Waals surface area contributed by atoms with Gasteiger partial charge in [-0.25, -0.2) is 8.78 Å². The highest BCUT2D eigenvalue weighted by atomic mass is 35.5. The Bertz CT molecular complexity index is 907. The second-order valence-corrected chi connectivity index (χ2v) is 8.12. The zero-order valence-corrected chi connectivity index (χ0v) is 16.7. The van der Waals surface area contributed by atoms with Gasteiger partial charge in [-0.1, -0.05) is 11.6 Å². The number of aliphatic carboxylic acids is 1. The molecule has 0 fully saturated rings. The first-order valence-corrected chi connectivity index (χ1v) is 9.39. The third-order valence-electron chi connectivity index (χ3n) is 4.72. The van der Waals surface area contributed by atoms with Crippen molar-refractivity contribution in [3.05, 3.63) is 46.5 Å². The van der Waals surface area contributed by atoms with Crippen LogP contribution in [0, 0.1) is 11.6 Å². The van der Waals surface area contributed by atoms with E-state index in [1.54, 1.807) is 6.07 Å². The number of ether oxygens (including phenoxy) is 1. The van der Waals surface area contributed by atoms with Gasteiger partial charge in [0.2, 0.25) is 0 Å². The molecule has 150 valence electrons. The molecule has 2 aromatic rings. The molecule has 0 bridgehead atoms. The number of hydrogen-bond acceptors (Lipinski definition) is 3. The molecule has 4 nitrogen and oxygen atoms in total. The topological polar surface area (TPSA) is 49.8 Å². The summed E-state index contributed by atoms with van der Waals surface area (Å²) in [7, 11) is 1.53. The summed E-state index contributed by atoms with van der Waals surface area (Å²) in [6.45, 7) is 4.12. The first kappa shape index (κ1) is 20.4. The van der Waals surface area contributed by atoms with Crippen molar-refractivity contribution in [2.75, 3.05) is 18.5 Å². The number of carboxylic acids is 1. The minimum Gasteiger partial charge on any atom is -0.487 e. The maximum absolute atomic E-state index is 14.8. The van der Waals surface area contributed by atoms with Crippen molar-refractivity contribution >= 4 is 23.3 Å². The zero-order chi connectivity index (χ0) is 20.6. The number of carboxylic acid groups (broad SMARTS) is 1. The Labute approximate surface area is 167 Å². The molecule has 7 heteroatoms. The Morgan fingerprint density at radius 2 is 1.89 bits per heavy atom. The molecule has 0 amide bonds. The van der Waals surface area contributed by atoms with Crippen LogP contribution in [0.4, 0.5) is 14.5 Å². The standard InChI is InChI=1S/C21H22ClF2NO3/c1-21(2)11-13-7-14(22)10-15(20(13)28-21)12-8-16(23)19(17(24)9-12)25(3)6-4-5-18(26)27/h7-10H,4-6,11H2,1-3H3,(H,26,27). The highest BCUT2D eigenvalue weighted by Crippen LogP contribution is 2.45. The predicted molar refractivity (Wildman–Crippen MR) is 105 cm³/mol. The van der Waals surface area contributed by atoms with Crippen LogP contribution in [0.15, 0.2) is 24.3 Å². The predicted octanol–water partition coefficient (Wildman–Crippen LogP) is 5.30. The first-order valence-electron chi connectivity index (χ1n) is 9.01. The number of anilines is 1. The third kappa shape index (κ3) is 4.22. The number of rotatable bonds is 6. The lowest BCUT2D eigenvalue weighted by Gasteiger charge is -2.21. The van der Waals surface area contributed by atoms with E-state index in [0.717, 1.165) is 5.56 Å². The lowest BCUT2D eigenvalue weighted by molar-refractivity contribution is -0.137. The Kier molecular flexibility index (Phi) is 5.53. The van der Waals surface area contributed by atoms with Gasteiger partial charge in [-0.15, -0.1) is 0 Å². The van der Waals surface area contributed by atoms with Crippen molar-refractivity contribution in [1.82, 2.24) is 0 Å². The summed E-state index contributed by atoms with van der Waals surface area (Å²) in [5.41, 5.74) is 1.20. The molecule has 28 heavy (non-hydrogen) atoms. The summed E-state index contributed by atoms with van der Waals surface area (Å²) in [6.07, 6.45) is 0.885. The van der Waals surface area contributed by atoms with Crippen LogP contribution >= 0.6 is 11.6 Å². The number of carbonyl (C=O) groups is 1. The van der Waals surface area contributed by atoms with Crippen molar-refractivity contribution in [1.29, 1.82) is 0 Å². The monoisotopic (exact) mass is 409 g/mol. The fourth-order valence-electron chi connectivity index (χ4n) is 3.55. The fraction of sp³-hybridized carbons (Fsp3) is 0.381. The van der Waals surface area contributed by atoms with E-state index < -0.39 is 23.2 Å². The Morgan fingerprint density at radius 3 is 2.50 bits per heavy atom. The molecule has 1 aliphatic rings. The van der Waals surface area contributed by atoms with Crippen LogP contribution < -0.4 is 9.64 Å². The second-order valence-electron chi connectivity index (χ2n) is 7.69. The minimum atomic E-state index is -0.942. The summed E-state index contributed by atoms with van der Waals surface area (Å²) in [5.74, 6) is -1.80. The molecule has 0 unspecified atom stereocenters. The van der Waals surface area contributed by atoms with E-state index in [-0.39, 0.29) is 25.1 Å². The molecule has 1 heterocycles. The summed E-state index contributed by atoms with van der Waals surface area (Å²) >= 11 is 6.22. The molecule has 1 N–H and O–H groups in total. The van der Waals surface area contributed by atoms with Crippen molar-refractivity contribution in [3.63, 3.8) is 0 Å². The van der Waals surface area contributed by atoms with Crippen molar-refractivity contribution in [2.45, 2.75) is 38.7 Å². The van der Waals surface area contributed by atoms with E-state index in [0.29, 0.717) is 28.3 Å². The summed E-state index contributed by atoms with van der Waals surface area (Å²) < 4.78 is 35.5. The van der Waals surface area contributed by atoms with Gasteiger partial charge in [0, 0.05) is 42.6 Å². The second kappa shape index (κ2) is 7.59. The largest absolute Gasteiger partial charge is 0.487 e. The molecule has 0 aromatic heterocycles. The molecule has 0 spiro atoms. The number of fused-ring (bicyclic) bond motifs is 1. The first-order chi connectivity index (χ1) is 13.1. The highest BCUT2D eigenvalue weighted by Gasteiger charge is 2.33. The Hall–Kier alpha value is -2.34. The van der Waals surface area contributed by atoms with E-state index in [2.05, 4.69) is 0 Å². The van der Waals surface area contributed by atoms with Gasteiger partial charge in [0.25, 0.3) is 0 Å². The summed E-state index contributed by atoms with van der Waals surface area (Å²) in [6, 6.07) is 5.97. The van der Waals surface area contributed by atoms with Crippen LogP contribution in [0.25, 0.3) is 11.1 Å². The Balaban J connectivity index is 1.95. The minimum absolute atomic E-state index is 0.0621. The maximum Gasteiger partial charge on any atom is 0.303 e. The van der Waals surface area contributed by atoms with Crippen LogP contribution in [-0.2, 0) is 11.2 Å². The van der Waals surface area contributed by atoms with Gasteiger partial charge in [-0.2, -0.15) is 0 Å². The summed E-state index contributed by atoms with van der Waals surface area (Å²) in [5, 5.41) is 9.19. The fourth-order valence-corrected chi connectivity index (χ4v) is 3.79. The number of hydrogen-bond donors (Lipinski definition) is 1. The third-order valence-corrected chi connectivity index (χ3v) is 4.94. The molecular weight excluding hydrogens is 388 g/mol. The van der Waals surface area contributed by atoms with Crippen LogP contribution in [0.5, 0.6) is 5.75 Å². The quantitative estimate of drug-likeness (QED) is 0.703. The van der Waals surface area contributed by atoms with Gasteiger partial charge in [-0.05, 0) is 50.1 Å². The van der Waals surface area contributed by atoms with E-state index in [4.69, 9.17) is 21.4 Å². The average Bonchev–Trinajstić information content (AvgIpc) is 2.86. The molecule has 0 radical (unpaired) electrons. The molecule has 0 aliphatic carbocycles. The molecule has 1 aliphatic heterocycles. The number of nitrogens with zero attached hydrogens (tertiary/aromatic N) is 1. The molecule has 0 atom stereocenters. The van der Waals surface area contributed by atoms with Gasteiger partial charge in [0.05, 0.1) is 0 Å². The molecule has 0 saturated carbocycles. The van der Waals surface area contributed by atoms with E-state index >= 15 is 0 Å². The molecule has 3 rings (SSSR count). The van der Waals surface area contributed by atoms with E-state index in [9.17, 15) is 13.6 Å². The van der Waals surface area contributed by atoms with Crippen molar-refractivity contribution < 1.29 is 23.4 Å². The highest BCUT2D eigenvalue weighted by molar-refractivity contribution is 6.31. The van der Waals surface area contributed by atoms with Crippen molar-refractivity contribution in [2.24, 2.45) is 0 Å². The van der Waals surface area contributed by atoms with Gasteiger partial charge < -0.3 is 14.7 Å². The van der Waals surface area contributed by atoms with Gasteiger partial charge >= 0.3 is 5.97 Å². The SMILES string of the molecule is CN(CCCC(=O)O)c1c(F)cc(-c2cc(Cl)cc3c2OC(C)(C)C3)cc1F. The normalized spacial score (nSPS) is 14.5. The van der Waals surface area contributed by atoms with E-state index in [1.807, 2.05) is 19.9 Å². The molecular formula is C21H22ClF2NO3. The van der Waals surface area contributed by atoms with Crippen LogP contribution in [0.1, 0.15) is 32.3 Å². The maximum atomic E-state index is 14.8. The van der Waals surface area contributed by atoms with E-state index in [1.165, 1.54) is 24.1 Å². The average molecular weight is 410 g/mol. The van der Waals surface area contributed by atoms with Crippen LogP contribution in [0.2, 0.25) is 5.02 Å². The van der Waals surface area contributed by atoms with Crippen LogP contribution in [-0.4, -0.2) is 30.3 Å². The lowest BCUT2D eigenvalue weighted by Crippen LogP contribution is -2.24. The zero-order valence-electron chi connectivity index (χ0n) is 16.0. The Morgan fingerprint density at radius 1 is 1.25 bits per heavy atom. The van der Waals surface area contributed by atoms with Crippen molar-refractivity contribution in [3.8, 4) is 16.9 Å². The molecule has 2 aromatic carbocycles. The number of halogens is 3. The lowest BCUT2D eigenvalue weighted by atomic mass is 9.97. The van der Waals surface area contributed by atoms with Gasteiger partial charge in [0.15, 0.2) is 0 Å². The number of benzene rings is 2.